The Morgan fingerprint density at radius 2 is 1.85 bits per heavy atom. The van der Waals surface area contributed by atoms with E-state index in [1.807, 2.05) is 23.6 Å². The summed E-state index contributed by atoms with van der Waals surface area (Å²) in [6.07, 6.45) is 4.35. The highest BCUT2D eigenvalue weighted by Crippen LogP contribution is 2.28. The maximum atomic E-state index is 13.1. The molecule has 0 aliphatic carbocycles. The third-order valence-corrected chi connectivity index (χ3v) is 4.96. The Bertz CT molecular complexity index is 880. The molecule has 2 heterocycles. The Kier molecular flexibility index (Phi) is 5.78. The highest BCUT2D eigenvalue weighted by Gasteiger charge is 2.21. The van der Waals surface area contributed by atoms with Gasteiger partial charge in [0.15, 0.2) is 16.8 Å². The van der Waals surface area contributed by atoms with Gasteiger partial charge in [-0.3, -0.25) is 9.78 Å². The summed E-state index contributed by atoms with van der Waals surface area (Å²) in [5, 5.41) is 8.93. The minimum Gasteiger partial charge on any atom is -0.302 e. The maximum absolute atomic E-state index is 13.1. The molecule has 0 bridgehead atoms. The SMILES string of the molecule is CCCn1c(S[C@H](C)C(=O)c2ccc(F)cc2)nnc1-c1ccncc1. The van der Waals surface area contributed by atoms with E-state index in [4.69, 9.17) is 0 Å². The molecule has 0 N–H and O–H groups in total. The average molecular weight is 370 g/mol. The fourth-order valence-electron chi connectivity index (χ4n) is 2.58. The first kappa shape index (κ1) is 18.3. The second kappa shape index (κ2) is 8.23. The molecule has 0 spiro atoms. The zero-order valence-corrected chi connectivity index (χ0v) is 15.4. The molecule has 0 fully saturated rings. The predicted molar refractivity (Wildman–Crippen MR) is 99.6 cm³/mol. The van der Waals surface area contributed by atoms with Crippen LogP contribution in [0.15, 0.2) is 53.9 Å². The molecule has 2 aromatic heterocycles. The van der Waals surface area contributed by atoms with Crippen LogP contribution in [-0.4, -0.2) is 30.8 Å². The monoisotopic (exact) mass is 370 g/mol. The lowest BCUT2D eigenvalue weighted by Gasteiger charge is -2.12. The van der Waals surface area contributed by atoms with Crippen LogP contribution in [0.25, 0.3) is 11.4 Å². The Morgan fingerprint density at radius 1 is 1.15 bits per heavy atom. The molecule has 0 radical (unpaired) electrons. The van der Waals surface area contributed by atoms with Crippen LogP contribution in [0.5, 0.6) is 0 Å². The number of hydrogen-bond donors (Lipinski definition) is 0. The molecule has 0 aliphatic heterocycles. The van der Waals surface area contributed by atoms with E-state index in [9.17, 15) is 9.18 Å². The first-order valence-electron chi connectivity index (χ1n) is 8.40. The van der Waals surface area contributed by atoms with E-state index in [2.05, 4.69) is 22.1 Å². The van der Waals surface area contributed by atoms with E-state index in [1.165, 1.54) is 36.0 Å². The largest absolute Gasteiger partial charge is 0.302 e. The molecular formula is C19H19FN4OS. The van der Waals surface area contributed by atoms with Crippen molar-refractivity contribution in [2.75, 3.05) is 0 Å². The summed E-state index contributed by atoms with van der Waals surface area (Å²) in [6.45, 7) is 4.66. The van der Waals surface area contributed by atoms with Gasteiger partial charge in [0.2, 0.25) is 0 Å². The topological polar surface area (TPSA) is 60.7 Å². The molecule has 0 unspecified atom stereocenters. The molecule has 0 aliphatic rings. The zero-order valence-electron chi connectivity index (χ0n) is 14.6. The van der Waals surface area contributed by atoms with Gasteiger partial charge in [-0.15, -0.1) is 10.2 Å². The van der Waals surface area contributed by atoms with Crippen LogP contribution >= 0.6 is 11.8 Å². The lowest BCUT2D eigenvalue weighted by atomic mass is 10.1. The van der Waals surface area contributed by atoms with Crippen molar-refractivity contribution >= 4 is 17.5 Å². The summed E-state index contributed by atoms with van der Waals surface area (Å²) in [6, 6.07) is 9.38. The molecule has 7 heteroatoms. The molecule has 0 saturated heterocycles. The van der Waals surface area contributed by atoms with Crippen LogP contribution in [0.2, 0.25) is 0 Å². The molecule has 134 valence electrons. The molecule has 3 aromatic rings. The first-order valence-corrected chi connectivity index (χ1v) is 9.28. The van der Waals surface area contributed by atoms with E-state index < -0.39 is 0 Å². The molecule has 26 heavy (non-hydrogen) atoms. The Morgan fingerprint density at radius 3 is 2.50 bits per heavy atom. The number of aromatic nitrogens is 4. The minimum atomic E-state index is -0.356. The number of benzene rings is 1. The van der Waals surface area contributed by atoms with Gasteiger partial charge in [-0.2, -0.15) is 0 Å². The van der Waals surface area contributed by atoms with Crippen molar-refractivity contribution in [3.05, 3.63) is 60.2 Å². The second-order valence-electron chi connectivity index (χ2n) is 5.82. The van der Waals surface area contributed by atoms with Gasteiger partial charge < -0.3 is 4.57 Å². The van der Waals surface area contributed by atoms with Crippen LogP contribution in [0.3, 0.4) is 0 Å². The van der Waals surface area contributed by atoms with Crippen molar-refractivity contribution in [3.63, 3.8) is 0 Å². The highest BCUT2D eigenvalue weighted by molar-refractivity contribution is 8.00. The predicted octanol–water partition coefficient (Wildman–Crippen LogP) is 4.25. The summed E-state index contributed by atoms with van der Waals surface area (Å²) < 4.78 is 15.1. The van der Waals surface area contributed by atoms with Crippen molar-refractivity contribution in [3.8, 4) is 11.4 Å². The number of halogens is 1. The van der Waals surface area contributed by atoms with Crippen molar-refractivity contribution < 1.29 is 9.18 Å². The standard InChI is InChI=1S/C19H19FN4OS/c1-3-12-24-18(15-8-10-21-11-9-15)22-23-19(24)26-13(2)17(25)14-4-6-16(20)7-5-14/h4-11,13H,3,12H2,1-2H3/t13-/m1/s1. The maximum Gasteiger partial charge on any atom is 0.192 e. The van der Waals surface area contributed by atoms with E-state index in [0.717, 1.165) is 24.4 Å². The molecule has 3 rings (SSSR count). The second-order valence-corrected chi connectivity index (χ2v) is 7.13. The highest BCUT2D eigenvalue weighted by atomic mass is 32.2. The molecule has 1 atom stereocenters. The number of hydrogen-bond acceptors (Lipinski definition) is 5. The number of carbonyl (C=O) groups excluding carboxylic acids is 1. The normalized spacial score (nSPS) is 12.1. The van der Waals surface area contributed by atoms with E-state index >= 15 is 0 Å². The third kappa shape index (κ3) is 3.99. The summed E-state index contributed by atoms with van der Waals surface area (Å²) in [4.78, 5) is 16.6. The summed E-state index contributed by atoms with van der Waals surface area (Å²) in [5.74, 6) is 0.344. The van der Waals surface area contributed by atoms with Crippen LogP contribution in [0.4, 0.5) is 4.39 Å². The van der Waals surface area contributed by atoms with Gasteiger partial charge in [0.05, 0.1) is 5.25 Å². The van der Waals surface area contributed by atoms with Gasteiger partial charge in [0.1, 0.15) is 5.82 Å². The minimum absolute atomic E-state index is 0.0634. The molecule has 1 aromatic carbocycles. The van der Waals surface area contributed by atoms with Gasteiger partial charge >= 0.3 is 0 Å². The Balaban J connectivity index is 1.84. The third-order valence-electron chi connectivity index (χ3n) is 3.88. The van der Waals surface area contributed by atoms with Gasteiger partial charge in [0, 0.05) is 30.1 Å². The van der Waals surface area contributed by atoms with Crippen molar-refractivity contribution in [1.82, 2.24) is 19.7 Å². The van der Waals surface area contributed by atoms with Gasteiger partial charge in [-0.05, 0) is 49.7 Å². The summed E-state index contributed by atoms with van der Waals surface area (Å²) >= 11 is 1.36. The number of nitrogens with zero attached hydrogens (tertiary/aromatic N) is 4. The van der Waals surface area contributed by atoms with Crippen LogP contribution in [0, 0.1) is 5.82 Å². The molecule has 0 saturated carbocycles. The number of pyridine rings is 1. The number of ketones is 1. The summed E-state index contributed by atoms with van der Waals surface area (Å²) in [7, 11) is 0. The van der Waals surface area contributed by atoms with E-state index in [1.54, 1.807) is 12.4 Å². The van der Waals surface area contributed by atoms with Gasteiger partial charge in [0.25, 0.3) is 0 Å². The van der Waals surface area contributed by atoms with Gasteiger partial charge in [-0.1, -0.05) is 18.7 Å². The van der Waals surface area contributed by atoms with E-state index in [-0.39, 0.29) is 16.9 Å². The van der Waals surface area contributed by atoms with Crippen molar-refractivity contribution in [1.29, 1.82) is 0 Å². The number of Topliss-reactive ketones (excluding diaryl/α,β-unsaturated/α-hetero) is 1. The average Bonchev–Trinajstić information content (AvgIpc) is 3.05. The lowest BCUT2D eigenvalue weighted by molar-refractivity contribution is 0.0994. The number of rotatable bonds is 7. The zero-order chi connectivity index (χ0) is 18.5. The fraction of sp³-hybridized carbons (Fsp3) is 0.263. The van der Waals surface area contributed by atoms with Crippen molar-refractivity contribution in [2.24, 2.45) is 0 Å². The van der Waals surface area contributed by atoms with Crippen LogP contribution in [0.1, 0.15) is 30.6 Å². The Hall–Kier alpha value is -2.54. The van der Waals surface area contributed by atoms with Crippen LogP contribution in [-0.2, 0) is 6.54 Å². The van der Waals surface area contributed by atoms with Crippen molar-refractivity contribution in [2.45, 2.75) is 37.2 Å². The molecule has 0 amide bonds. The van der Waals surface area contributed by atoms with Crippen LogP contribution < -0.4 is 0 Å². The number of thioether (sulfide) groups is 1. The summed E-state index contributed by atoms with van der Waals surface area (Å²) in [5.41, 5.74) is 1.42. The smallest absolute Gasteiger partial charge is 0.192 e. The van der Waals surface area contributed by atoms with Gasteiger partial charge in [-0.25, -0.2) is 4.39 Å². The number of carbonyl (C=O) groups is 1. The Labute approximate surface area is 155 Å². The molecule has 5 nitrogen and oxygen atoms in total. The first-order chi connectivity index (χ1) is 12.6. The quantitative estimate of drug-likeness (QED) is 0.459. The fourth-order valence-corrected chi connectivity index (χ4v) is 3.53. The van der Waals surface area contributed by atoms with E-state index in [0.29, 0.717) is 10.7 Å². The lowest BCUT2D eigenvalue weighted by Crippen LogP contribution is -2.15. The molecular weight excluding hydrogens is 351 g/mol.